The minimum absolute atomic E-state index is 0.134. The molecule has 1 aliphatic rings. The van der Waals surface area contributed by atoms with E-state index in [4.69, 9.17) is 116 Å². The van der Waals surface area contributed by atoms with Gasteiger partial charge in [0.15, 0.2) is 0 Å². The Labute approximate surface area is 257 Å². The van der Waals surface area contributed by atoms with Crippen molar-refractivity contribution in [2.45, 2.75) is 60.4 Å². The van der Waals surface area contributed by atoms with Gasteiger partial charge in [-0.05, 0) is 43.2 Å². The van der Waals surface area contributed by atoms with Gasteiger partial charge < -0.3 is 0 Å². The molecular weight excluding hydrogens is 687 g/mol. The van der Waals surface area contributed by atoms with Crippen molar-refractivity contribution >= 4 is 140 Å². The molecule has 1 fully saturated rings. The summed E-state index contributed by atoms with van der Waals surface area (Å²) in [6.45, 7) is 0. The molecule has 0 spiro atoms. The van der Waals surface area contributed by atoms with Gasteiger partial charge in [0.2, 0.25) is 0 Å². The Balaban J connectivity index is 1.71. The Kier molecular flexibility index (Phi) is 12.4. The highest BCUT2D eigenvalue weighted by atomic mass is 35.5. The maximum absolute atomic E-state index is 6.37. The molecule has 0 amide bonds. The Hall–Kier alpha value is 1.96. The highest BCUT2D eigenvalue weighted by molar-refractivity contribution is 7.98. The second-order valence-corrected chi connectivity index (χ2v) is 13.0. The van der Waals surface area contributed by atoms with Crippen molar-refractivity contribution in [2.75, 3.05) is 0 Å². The van der Waals surface area contributed by atoms with Crippen LogP contribution < -0.4 is 9.44 Å². The second-order valence-electron chi connectivity index (χ2n) is 7.51. The van der Waals surface area contributed by atoms with Crippen LogP contribution in [0.1, 0.15) is 38.5 Å². The first-order valence-corrected chi connectivity index (χ1v) is 15.3. The van der Waals surface area contributed by atoms with Crippen LogP contribution in [0.3, 0.4) is 0 Å². The van der Waals surface area contributed by atoms with Crippen LogP contribution in [0, 0.1) is 0 Å². The third-order valence-corrected chi connectivity index (χ3v) is 12.3. The van der Waals surface area contributed by atoms with Crippen LogP contribution in [0.15, 0.2) is 9.79 Å². The number of nitrogens with one attached hydrogen (secondary N) is 2. The number of halogens is 10. The van der Waals surface area contributed by atoms with Gasteiger partial charge in [0.1, 0.15) is 0 Å². The van der Waals surface area contributed by atoms with Gasteiger partial charge in [0, 0.05) is 12.1 Å². The number of benzene rings is 2. The molecular formula is C20H16Cl10N2S2. The summed E-state index contributed by atoms with van der Waals surface area (Å²) in [6.07, 6.45) is 6.09. The zero-order valence-corrected chi connectivity index (χ0v) is 26.2. The molecule has 0 aromatic heterocycles. The summed E-state index contributed by atoms with van der Waals surface area (Å²) in [5.74, 6) is 0. The fourth-order valence-electron chi connectivity index (χ4n) is 3.38. The average molecular weight is 703 g/mol. The lowest BCUT2D eigenvalue weighted by molar-refractivity contribution is 0.387. The second kappa shape index (κ2) is 13.8. The molecule has 0 saturated heterocycles. The standard InChI is InChI=1S/C20H16Cl10N2S2/c21-9-11(23)15(27)19(16(28)12(9)24)33-31-7-4-2-1-3-5-8(6-7)32-34-20-17(29)13(25)10(22)14(26)18(20)30/h7-8,31-32H,1-6H2. The number of rotatable bonds is 6. The monoisotopic (exact) mass is 698 g/mol. The summed E-state index contributed by atoms with van der Waals surface area (Å²) >= 11 is 65.0. The van der Waals surface area contributed by atoms with Crippen LogP contribution in [0.4, 0.5) is 0 Å². The first-order valence-electron chi connectivity index (χ1n) is 9.92. The molecule has 0 radical (unpaired) electrons. The van der Waals surface area contributed by atoms with Gasteiger partial charge in [-0.15, -0.1) is 0 Å². The van der Waals surface area contributed by atoms with Gasteiger partial charge in [0.25, 0.3) is 0 Å². The lowest BCUT2D eigenvalue weighted by atomic mass is 9.94. The van der Waals surface area contributed by atoms with Gasteiger partial charge >= 0.3 is 0 Å². The molecule has 2 aromatic carbocycles. The minimum Gasteiger partial charge on any atom is -0.257 e. The van der Waals surface area contributed by atoms with Crippen molar-refractivity contribution < 1.29 is 0 Å². The maximum atomic E-state index is 6.37. The van der Waals surface area contributed by atoms with Gasteiger partial charge in [0.05, 0.1) is 60.0 Å². The molecule has 2 atom stereocenters. The predicted molar refractivity (Wildman–Crippen MR) is 156 cm³/mol. The molecule has 1 aliphatic carbocycles. The lowest BCUT2D eigenvalue weighted by Crippen LogP contribution is -2.35. The fourth-order valence-corrected chi connectivity index (χ4v) is 8.11. The highest BCUT2D eigenvalue weighted by Crippen LogP contribution is 2.48. The van der Waals surface area contributed by atoms with Crippen LogP contribution in [0.2, 0.25) is 50.2 Å². The molecule has 0 bridgehead atoms. The summed E-state index contributed by atoms with van der Waals surface area (Å²) in [7, 11) is 0. The van der Waals surface area contributed by atoms with Crippen molar-refractivity contribution in [3.8, 4) is 0 Å². The van der Waals surface area contributed by atoms with E-state index < -0.39 is 0 Å². The lowest BCUT2D eigenvalue weighted by Gasteiger charge is -2.28. The molecule has 34 heavy (non-hydrogen) atoms. The molecule has 3 rings (SSSR count). The van der Waals surface area contributed by atoms with E-state index in [-0.39, 0.29) is 62.3 Å². The quantitative estimate of drug-likeness (QED) is 0.178. The molecule has 14 heteroatoms. The van der Waals surface area contributed by atoms with E-state index in [1.165, 1.54) is 23.9 Å². The van der Waals surface area contributed by atoms with Crippen LogP contribution in [0.25, 0.3) is 0 Å². The Morgan fingerprint density at radius 1 is 0.441 bits per heavy atom. The Morgan fingerprint density at radius 2 is 0.735 bits per heavy atom. The van der Waals surface area contributed by atoms with Crippen LogP contribution in [-0.2, 0) is 0 Å². The van der Waals surface area contributed by atoms with E-state index in [1.807, 2.05) is 0 Å². The fraction of sp³-hybridized carbons (Fsp3) is 0.400. The first kappa shape index (κ1) is 30.5. The van der Waals surface area contributed by atoms with E-state index >= 15 is 0 Å². The Bertz CT molecular complexity index is 929. The van der Waals surface area contributed by atoms with E-state index in [0.717, 1.165) is 38.5 Å². The summed E-state index contributed by atoms with van der Waals surface area (Å²) < 4.78 is 6.93. The van der Waals surface area contributed by atoms with Crippen molar-refractivity contribution in [2.24, 2.45) is 0 Å². The first-order chi connectivity index (χ1) is 16.0. The van der Waals surface area contributed by atoms with Crippen molar-refractivity contribution in [3.63, 3.8) is 0 Å². The van der Waals surface area contributed by atoms with E-state index in [1.54, 1.807) is 0 Å². The molecule has 0 heterocycles. The highest BCUT2D eigenvalue weighted by Gasteiger charge is 2.25. The van der Waals surface area contributed by atoms with Crippen molar-refractivity contribution in [1.29, 1.82) is 0 Å². The van der Waals surface area contributed by atoms with Crippen LogP contribution >= 0.6 is 140 Å². The zero-order valence-electron chi connectivity index (χ0n) is 17.0. The number of hydrogen-bond donors (Lipinski definition) is 2. The molecule has 1 saturated carbocycles. The third kappa shape index (κ3) is 7.12. The normalized spacial score (nSPS) is 19.2. The van der Waals surface area contributed by atoms with Crippen molar-refractivity contribution in [3.05, 3.63) is 50.2 Å². The molecule has 2 N–H and O–H groups in total. The summed E-state index contributed by atoms with van der Waals surface area (Å²) in [5.41, 5.74) is 0. The SMILES string of the molecule is Clc1c(Cl)c(Cl)c(SNC2CCCCCC(NSc3c(Cl)c(Cl)c(Cl)c(Cl)c3Cl)C2)c(Cl)c1Cl. The van der Waals surface area contributed by atoms with E-state index in [0.29, 0.717) is 9.79 Å². The van der Waals surface area contributed by atoms with Crippen LogP contribution in [-0.4, -0.2) is 12.1 Å². The predicted octanol–water partition coefficient (Wildman–Crippen LogP) is 12.2. The van der Waals surface area contributed by atoms with Gasteiger partial charge in [-0.25, -0.2) is 0 Å². The molecule has 188 valence electrons. The Morgan fingerprint density at radius 3 is 1.06 bits per heavy atom. The maximum Gasteiger partial charge on any atom is 0.0809 e. The summed E-state index contributed by atoms with van der Waals surface area (Å²) in [4.78, 5) is 1.07. The molecule has 0 aliphatic heterocycles. The largest absolute Gasteiger partial charge is 0.257 e. The molecule has 2 unspecified atom stereocenters. The summed E-state index contributed by atoms with van der Waals surface area (Å²) in [5, 5.41) is 1.99. The number of hydrogen-bond acceptors (Lipinski definition) is 4. The van der Waals surface area contributed by atoms with Gasteiger partial charge in [-0.2, -0.15) is 0 Å². The molecule has 2 aromatic rings. The zero-order chi connectivity index (χ0) is 25.2. The van der Waals surface area contributed by atoms with E-state index in [2.05, 4.69) is 9.44 Å². The average Bonchev–Trinajstić information content (AvgIpc) is 2.80. The van der Waals surface area contributed by atoms with Crippen LogP contribution in [0.5, 0.6) is 0 Å². The van der Waals surface area contributed by atoms with Gasteiger partial charge in [-0.3, -0.25) is 9.44 Å². The smallest absolute Gasteiger partial charge is 0.0809 e. The van der Waals surface area contributed by atoms with Crippen molar-refractivity contribution in [1.82, 2.24) is 9.44 Å². The molecule has 2 nitrogen and oxygen atoms in total. The third-order valence-electron chi connectivity index (χ3n) is 5.17. The van der Waals surface area contributed by atoms with E-state index in [9.17, 15) is 0 Å². The van der Waals surface area contributed by atoms with Gasteiger partial charge in [-0.1, -0.05) is 135 Å². The topological polar surface area (TPSA) is 24.1 Å². The summed E-state index contributed by atoms with van der Waals surface area (Å²) in [6, 6.07) is 0.319. The minimum atomic E-state index is 0.134.